The molecule has 0 saturated heterocycles. The Labute approximate surface area is 127 Å². The van der Waals surface area contributed by atoms with Crippen LogP contribution in [0.2, 0.25) is 0 Å². The molecule has 1 fully saturated rings. The predicted octanol–water partition coefficient (Wildman–Crippen LogP) is 3.02. The van der Waals surface area contributed by atoms with Gasteiger partial charge in [0.2, 0.25) is 0 Å². The average molecular weight is 303 g/mol. The van der Waals surface area contributed by atoms with Crippen molar-refractivity contribution in [3.05, 3.63) is 30.0 Å². The van der Waals surface area contributed by atoms with Crippen LogP contribution in [0.15, 0.2) is 24.3 Å². The van der Waals surface area contributed by atoms with E-state index in [0.717, 1.165) is 18.2 Å². The first-order valence-corrected chi connectivity index (χ1v) is 8.27. The molecule has 0 amide bonds. The van der Waals surface area contributed by atoms with Gasteiger partial charge in [0.15, 0.2) is 5.69 Å². The topological polar surface area (TPSA) is 75.1 Å². The zero-order valence-corrected chi connectivity index (χ0v) is 12.6. The van der Waals surface area contributed by atoms with Gasteiger partial charge in [0.05, 0.1) is 11.2 Å². The zero-order valence-electron chi connectivity index (χ0n) is 11.7. The molecule has 1 aromatic heterocycles. The highest BCUT2D eigenvalue weighted by Gasteiger charge is 2.28. The molecule has 1 saturated carbocycles. The maximum atomic E-state index is 11.4. The molecule has 2 unspecified atom stereocenters. The molecule has 0 bridgehead atoms. The van der Waals surface area contributed by atoms with Crippen molar-refractivity contribution >= 4 is 34.3 Å². The molecular formula is C15H17N3O2S. The highest BCUT2D eigenvalue weighted by molar-refractivity contribution is 7.99. The Kier molecular flexibility index (Phi) is 3.96. The summed E-state index contributed by atoms with van der Waals surface area (Å²) in [6, 6.07) is 7.79. The summed E-state index contributed by atoms with van der Waals surface area (Å²) in [6.07, 6.45) is 5.49. The van der Waals surface area contributed by atoms with Crippen molar-refractivity contribution in [3.63, 3.8) is 0 Å². The lowest BCUT2D eigenvalue weighted by atomic mass is 10.1. The molecule has 2 atom stereocenters. The number of carboxylic acids is 1. The Morgan fingerprint density at radius 1 is 1.33 bits per heavy atom. The van der Waals surface area contributed by atoms with Crippen molar-refractivity contribution in [2.75, 3.05) is 11.6 Å². The van der Waals surface area contributed by atoms with Crippen LogP contribution < -0.4 is 5.32 Å². The summed E-state index contributed by atoms with van der Waals surface area (Å²) in [6.45, 7) is 0. The number of nitrogens with one attached hydrogen (secondary N) is 1. The van der Waals surface area contributed by atoms with E-state index in [1.165, 1.54) is 6.42 Å². The maximum Gasteiger partial charge on any atom is 0.358 e. The SMILES string of the molecule is CSC1CCCC1Nc1c(C(=O)O)nnc2ccccc12. The largest absolute Gasteiger partial charge is 0.476 e. The molecule has 0 aliphatic heterocycles. The second-order valence-corrected chi connectivity index (χ2v) is 6.28. The van der Waals surface area contributed by atoms with E-state index in [-0.39, 0.29) is 11.7 Å². The van der Waals surface area contributed by atoms with Crippen molar-refractivity contribution in [1.82, 2.24) is 10.2 Å². The number of rotatable bonds is 4. The first-order valence-electron chi connectivity index (χ1n) is 6.98. The van der Waals surface area contributed by atoms with E-state index in [0.29, 0.717) is 16.5 Å². The number of anilines is 1. The number of nitrogens with zero attached hydrogens (tertiary/aromatic N) is 2. The maximum absolute atomic E-state index is 11.4. The molecule has 1 aliphatic carbocycles. The lowest BCUT2D eigenvalue weighted by Gasteiger charge is -2.22. The summed E-state index contributed by atoms with van der Waals surface area (Å²) in [7, 11) is 0. The molecule has 110 valence electrons. The third-order valence-electron chi connectivity index (χ3n) is 3.96. The van der Waals surface area contributed by atoms with Crippen LogP contribution in [0.1, 0.15) is 29.8 Å². The fraction of sp³-hybridized carbons (Fsp3) is 0.400. The fourth-order valence-electron chi connectivity index (χ4n) is 2.91. The van der Waals surface area contributed by atoms with Crippen LogP contribution in [-0.2, 0) is 0 Å². The lowest BCUT2D eigenvalue weighted by molar-refractivity contribution is 0.0690. The number of aromatic carboxylic acids is 1. The summed E-state index contributed by atoms with van der Waals surface area (Å²) in [5, 5.41) is 22.0. The van der Waals surface area contributed by atoms with Crippen LogP contribution in [0.5, 0.6) is 0 Å². The van der Waals surface area contributed by atoms with Gasteiger partial charge >= 0.3 is 5.97 Å². The quantitative estimate of drug-likeness (QED) is 0.904. The monoisotopic (exact) mass is 303 g/mol. The van der Waals surface area contributed by atoms with Crippen LogP contribution in [0.3, 0.4) is 0 Å². The third-order valence-corrected chi connectivity index (χ3v) is 5.13. The van der Waals surface area contributed by atoms with Gasteiger partial charge in [-0.2, -0.15) is 11.8 Å². The third kappa shape index (κ3) is 2.68. The normalized spacial score (nSPS) is 21.6. The highest BCUT2D eigenvalue weighted by Crippen LogP contribution is 2.33. The fourth-order valence-corrected chi connectivity index (χ4v) is 3.84. The zero-order chi connectivity index (χ0) is 14.8. The van der Waals surface area contributed by atoms with Crippen LogP contribution in [0.4, 0.5) is 5.69 Å². The molecule has 2 N–H and O–H groups in total. The Balaban J connectivity index is 2.06. The van der Waals surface area contributed by atoms with Crippen molar-refractivity contribution in [2.24, 2.45) is 0 Å². The highest BCUT2D eigenvalue weighted by atomic mass is 32.2. The Morgan fingerprint density at radius 3 is 2.90 bits per heavy atom. The van der Waals surface area contributed by atoms with Crippen molar-refractivity contribution in [1.29, 1.82) is 0 Å². The first kappa shape index (κ1) is 14.1. The Morgan fingerprint density at radius 2 is 2.14 bits per heavy atom. The number of hydrogen-bond donors (Lipinski definition) is 2. The number of thioether (sulfide) groups is 1. The van der Waals surface area contributed by atoms with E-state index >= 15 is 0 Å². The number of aromatic nitrogens is 2. The summed E-state index contributed by atoms with van der Waals surface area (Å²) < 4.78 is 0. The Bertz CT molecular complexity index is 677. The Hall–Kier alpha value is -1.82. The van der Waals surface area contributed by atoms with E-state index in [1.807, 2.05) is 36.0 Å². The minimum Gasteiger partial charge on any atom is -0.476 e. The average Bonchev–Trinajstić information content (AvgIpc) is 2.94. The summed E-state index contributed by atoms with van der Waals surface area (Å²) in [5.41, 5.74) is 1.31. The molecule has 0 radical (unpaired) electrons. The van der Waals surface area contributed by atoms with Crippen molar-refractivity contribution < 1.29 is 9.90 Å². The summed E-state index contributed by atoms with van der Waals surface area (Å²) in [4.78, 5) is 11.4. The van der Waals surface area contributed by atoms with Crippen molar-refractivity contribution in [2.45, 2.75) is 30.6 Å². The van der Waals surface area contributed by atoms with Gasteiger partial charge in [-0.15, -0.1) is 10.2 Å². The number of carboxylic acid groups (broad SMARTS) is 1. The molecule has 1 heterocycles. The number of benzene rings is 1. The molecule has 2 aromatic rings. The van der Waals surface area contributed by atoms with Crippen LogP contribution >= 0.6 is 11.8 Å². The molecule has 0 spiro atoms. The van der Waals surface area contributed by atoms with Gasteiger partial charge in [-0.3, -0.25) is 0 Å². The van der Waals surface area contributed by atoms with Gasteiger partial charge < -0.3 is 10.4 Å². The molecule has 1 aliphatic rings. The van der Waals surface area contributed by atoms with Crippen LogP contribution in [0.25, 0.3) is 10.9 Å². The number of carbonyl (C=O) groups is 1. The second-order valence-electron chi connectivity index (χ2n) is 5.20. The molecular weight excluding hydrogens is 286 g/mol. The summed E-state index contributed by atoms with van der Waals surface area (Å²) >= 11 is 1.83. The number of hydrogen-bond acceptors (Lipinski definition) is 5. The predicted molar refractivity (Wildman–Crippen MR) is 85.1 cm³/mol. The summed E-state index contributed by atoms with van der Waals surface area (Å²) in [5.74, 6) is -1.05. The van der Waals surface area contributed by atoms with Gasteiger partial charge in [-0.05, 0) is 25.2 Å². The van der Waals surface area contributed by atoms with E-state index in [2.05, 4.69) is 21.8 Å². The molecule has 1 aromatic carbocycles. The van der Waals surface area contributed by atoms with Crippen LogP contribution in [0, 0.1) is 0 Å². The van der Waals surface area contributed by atoms with E-state index < -0.39 is 5.97 Å². The van der Waals surface area contributed by atoms with Gasteiger partial charge in [0.25, 0.3) is 0 Å². The lowest BCUT2D eigenvalue weighted by Crippen LogP contribution is -2.27. The van der Waals surface area contributed by atoms with Crippen molar-refractivity contribution in [3.8, 4) is 0 Å². The molecule has 6 heteroatoms. The van der Waals surface area contributed by atoms with E-state index in [4.69, 9.17) is 0 Å². The first-order chi connectivity index (χ1) is 10.2. The second kappa shape index (κ2) is 5.89. The van der Waals surface area contributed by atoms with Gasteiger partial charge in [0, 0.05) is 16.7 Å². The minimum atomic E-state index is -1.05. The smallest absolute Gasteiger partial charge is 0.358 e. The number of fused-ring (bicyclic) bond motifs is 1. The van der Waals surface area contributed by atoms with Gasteiger partial charge in [0.1, 0.15) is 0 Å². The molecule has 5 nitrogen and oxygen atoms in total. The van der Waals surface area contributed by atoms with E-state index in [9.17, 15) is 9.90 Å². The molecule has 21 heavy (non-hydrogen) atoms. The van der Waals surface area contributed by atoms with Crippen LogP contribution in [-0.4, -0.2) is 38.8 Å². The minimum absolute atomic E-state index is 0.000420. The standard InChI is InChI=1S/C15H17N3O2S/c1-21-12-8-4-7-11(12)16-13-9-5-2-3-6-10(9)17-18-14(13)15(19)20/h2-3,5-6,11-12H,4,7-8H2,1H3,(H,16,17)(H,19,20). The van der Waals surface area contributed by atoms with E-state index in [1.54, 1.807) is 0 Å². The van der Waals surface area contributed by atoms with Gasteiger partial charge in [-0.1, -0.05) is 24.6 Å². The molecule has 3 rings (SSSR count). The van der Waals surface area contributed by atoms with Gasteiger partial charge in [-0.25, -0.2) is 4.79 Å².